The Bertz CT molecular complexity index is 579. The van der Waals surface area contributed by atoms with E-state index in [-0.39, 0.29) is 5.41 Å². The van der Waals surface area contributed by atoms with Crippen LogP contribution in [-0.4, -0.2) is 13.0 Å². The van der Waals surface area contributed by atoms with Crippen LogP contribution in [0.3, 0.4) is 0 Å². The van der Waals surface area contributed by atoms with Gasteiger partial charge < -0.3 is 4.74 Å². The van der Waals surface area contributed by atoms with Gasteiger partial charge in [-0.3, -0.25) is 0 Å². The minimum atomic E-state index is -0.0725. The molecule has 112 valence electrons. The molecular formula is C18H20BrClO. The largest absolute Gasteiger partial charge is 0.496 e. The molecule has 0 saturated carbocycles. The highest BCUT2D eigenvalue weighted by atomic mass is 79.9. The van der Waals surface area contributed by atoms with E-state index in [0.29, 0.717) is 5.88 Å². The van der Waals surface area contributed by atoms with Gasteiger partial charge in [0, 0.05) is 15.8 Å². The monoisotopic (exact) mass is 366 g/mol. The average Bonchev–Trinajstić information content (AvgIpc) is 2.54. The van der Waals surface area contributed by atoms with Crippen molar-refractivity contribution < 1.29 is 4.74 Å². The van der Waals surface area contributed by atoms with Gasteiger partial charge in [-0.2, -0.15) is 0 Å². The predicted molar refractivity (Wildman–Crippen MR) is 93.5 cm³/mol. The van der Waals surface area contributed by atoms with Crippen molar-refractivity contribution in [1.29, 1.82) is 0 Å². The van der Waals surface area contributed by atoms with Crippen molar-refractivity contribution in [2.24, 2.45) is 0 Å². The van der Waals surface area contributed by atoms with Crippen LogP contribution in [0.25, 0.3) is 0 Å². The molecule has 0 aliphatic rings. The van der Waals surface area contributed by atoms with E-state index in [4.69, 9.17) is 16.3 Å². The average molecular weight is 368 g/mol. The standard InChI is InChI=1S/C18H20BrClO/c1-3-18(13-20,15-7-5-4-6-8-15)12-14-11-16(19)9-10-17(14)21-2/h4-11H,3,12-13H2,1-2H3. The molecule has 21 heavy (non-hydrogen) atoms. The molecule has 0 saturated heterocycles. The molecule has 0 radical (unpaired) electrons. The third-order valence-corrected chi connectivity index (χ3v) is 5.09. The summed E-state index contributed by atoms with van der Waals surface area (Å²) in [5.74, 6) is 1.50. The first kappa shape index (κ1) is 16.4. The summed E-state index contributed by atoms with van der Waals surface area (Å²) >= 11 is 9.94. The topological polar surface area (TPSA) is 9.23 Å². The molecule has 2 rings (SSSR count). The predicted octanol–water partition coefficient (Wildman–Crippen LogP) is 5.59. The fourth-order valence-corrected chi connectivity index (χ4v) is 3.54. The summed E-state index contributed by atoms with van der Waals surface area (Å²) in [5.41, 5.74) is 2.39. The van der Waals surface area contributed by atoms with Crippen LogP contribution in [0.15, 0.2) is 53.0 Å². The van der Waals surface area contributed by atoms with Crippen LogP contribution in [0.5, 0.6) is 5.75 Å². The van der Waals surface area contributed by atoms with Gasteiger partial charge in [0.2, 0.25) is 0 Å². The van der Waals surface area contributed by atoms with Crippen LogP contribution in [-0.2, 0) is 11.8 Å². The van der Waals surface area contributed by atoms with Crippen molar-refractivity contribution in [3.05, 3.63) is 64.1 Å². The summed E-state index contributed by atoms with van der Waals surface area (Å²) in [6.07, 6.45) is 1.84. The van der Waals surface area contributed by atoms with E-state index in [0.717, 1.165) is 23.1 Å². The van der Waals surface area contributed by atoms with Gasteiger partial charge in [-0.1, -0.05) is 53.2 Å². The molecular weight excluding hydrogens is 348 g/mol. The maximum absolute atomic E-state index is 6.39. The zero-order valence-corrected chi connectivity index (χ0v) is 14.7. The molecule has 3 heteroatoms. The van der Waals surface area contributed by atoms with Crippen LogP contribution in [0.1, 0.15) is 24.5 Å². The fraction of sp³-hybridized carbons (Fsp3) is 0.333. The SMILES string of the molecule is CCC(CCl)(Cc1cc(Br)ccc1OC)c1ccccc1. The van der Waals surface area contributed by atoms with Crippen molar-refractivity contribution >= 4 is 27.5 Å². The molecule has 0 spiro atoms. The molecule has 1 unspecified atom stereocenters. The molecule has 1 atom stereocenters. The molecule has 0 aliphatic heterocycles. The zero-order chi connectivity index (χ0) is 15.3. The highest BCUT2D eigenvalue weighted by Crippen LogP contribution is 2.36. The van der Waals surface area contributed by atoms with Gasteiger partial charge in [-0.05, 0) is 42.2 Å². The van der Waals surface area contributed by atoms with Crippen LogP contribution in [0.2, 0.25) is 0 Å². The Hall–Kier alpha value is -0.990. The van der Waals surface area contributed by atoms with E-state index in [1.54, 1.807) is 7.11 Å². The van der Waals surface area contributed by atoms with E-state index in [1.807, 2.05) is 18.2 Å². The quantitative estimate of drug-likeness (QED) is 0.605. The van der Waals surface area contributed by atoms with Gasteiger partial charge in [-0.15, -0.1) is 11.6 Å². The second-order valence-corrected chi connectivity index (χ2v) is 6.45. The lowest BCUT2D eigenvalue weighted by atomic mass is 9.75. The molecule has 0 aromatic heterocycles. The number of hydrogen-bond donors (Lipinski definition) is 0. The summed E-state index contributed by atoms with van der Waals surface area (Å²) in [6.45, 7) is 2.19. The normalized spacial score (nSPS) is 13.7. The Morgan fingerprint density at radius 2 is 1.86 bits per heavy atom. The Kier molecular flexibility index (Phi) is 5.72. The van der Waals surface area contributed by atoms with Gasteiger partial charge in [0.05, 0.1) is 7.11 Å². The molecule has 0 N–H and O–H groups in total. The van der Waals surface area contributed by atoms with Crippen LogP contribution < -0.4 is 4.74 Å². The lowest BCUT2D eigenvalue weighted by Crippen LogP contribution is -2.30. The highest BCUT2D eigenvalue weighted by Gasteiger charge is 2.30. The lowest BCUT2D eigenvalue weighted by Gasteiger charge is -2.32. The third kappa shape index (κ3) is 3.61. The number of ether oxygens (including phenoxy) is 1. The summed E-state index contributed by atoms with van der Waals surface area (Å²) in [4.78, 5) is 0. The van der Waals surface area contributed by atoms with Crippen molar-refractivity contribution in [3.63, 3.8) is 0 Å². The summed E-state index contributed by atoms with van der Waals surface area (Å²) < 4.78 is 6.57. The highest BCUT2D eigenvalue weighted by molar-refractivity contribution is 9.10. The Morgan fingerprint density at radius 1 is 1.14 bits per heavy atom. The lowest BCUT2D eigenvalue weighted by molar-refractivity contribution is 0.395. The molecule has 1 nitrogen and oxygen atoms in total. The number of rotatable bonds is 6. The number of alkyl halides is 1. The van der Waals surface area contributed by atoms with Crippen molar-refractivity contribution in [2.75, 3.05) is 13.0 Å². The second-order valence-electron chi connectivity index (χ2n) is 5.27. The minimum Gasteiger partial charge on any atom is -0.496 e. The number of hydrogen-bond acceptors (Lipinski definition) is 1. The van der Waals surface area contributed by atoms with Crippen molar-refractivity contribution in [1.82, 2.24) is 0 Å². The molecule has 0 amide bonds. The summed E-state index contributed by atoms with van der Waals surface area (Å²) in [5, 5.41) is 0. The van der Waals surface area contributed by atoms with Crippen LogP contribution >= 0.6 is 27.5 Å². The molecule has 0 bridgehead atoms. The van der Waals surface area contributed by atoms with Crippen molar-refractivity contribution in [2.45, 2.75) is 25.2 Å². The molecule has 0 heterocycles. The van der Waals surface area contributed by atoms with Gasteiger partial charge in [0.1, 0.15) is 5.75 Å². The third-order valence-electron chi connectivity index (χ3n) is 4.09. The van der Waals surface area contributed by atoms with Crippen molar-refractivity contribution in [3.8, 4) is 5.75 Å². The second kappa shape index (κ2) is 7.33. The van der Waals surface area contributed by atoms with Gasteiger partial charge in [0.25, 0.3) is 0 Å². The first-order chi connectivity index (χ1) is 10.1. The van der Waals surface area contributed by atoms with Gasteiger partial charge in [0.15, 0.2) is 0 Å². The van der Waals surface area contributed by atoms with E-state index in [9.17, 15) is 0 Å². The number of methoxy groups -OCH3 is 1. The Morgan fingerprint density at radius 3 is 2.43 bits per heavy atom. The fourth-order valence-electron chi connectivity index (χ4n) is 2.69. The van der Waals surface area contributed by atoms with E-state index >= 15 is 0 Å². The van der Waals surface area contributed by atoms with Gasteiger partial charge in [-0.25, -0.2) is 0 Å². The minimum absolute atomic E-state index is 0.0725. The Labute approximate surface area is 140 Å². The van der Waals surface area contributed by atoms with Crippen LogP contribution in [0, 0.1) is 0 Å². The molecule has 0 aliphatic carbocycles. The molecule has 0 fully saturated rings. The van der Waals surface area contributed by atoms with E-state index in [2.05, 4.69) is 53.2 Å². The van der Waals surface area contributed by atoms with Crippen LogP contribution in [0.4, 0.5) is 0 Å². The summed E-state index contributed by atoms with van der Waals surface area (Å²) in [6, 6.07) is 16.6. The smallest absolute Gasteiger partial charge is 0.122 e. The molecule has 2 aromatic rings. The zero-order valence-electron chi connectivity index (χ0n) is 12.4. The van der Waals surface area contributed by atoms with E-state index in [1.165, 1.54) is 11.1 Å². The van der Waals surface area contributed by atoms with E-state index < -0.39 is 0 Å². The number of benzene rings is 2. The Balaban J connectivity index is 2.44. The van der Waals surface area contributed by atoms with Gasteiger partial charge >= 0.3 is 0 Å². The number of halogens is 2. The maximum Gasteiger partial charge on any atom is 0.122 e. The maximum atomic E-state index is 6.39. The molecule has 2 aromatic carbocycles. The first-order valence-electron chi connectivity index (χ1n) is 7.09. The summed E-state index contributed by atoms with van der Waals surface area (Å²) in [7, 11) is 1.71. The first-order valence-corrected chi connectivity index (χ1v) is 8.42.